The molecule has 0 spiro atoms. The van der Waals surface area contributed by atoms with Crippen LogP contribution in [0.5, 0.6) is 5.75 Å². The van der Waals surface area contributed by atoms with E-state index < -0.39 is 21.4 Å². The molecule has 4 aromatic rings. The normalized spacial score (nSPS) is 16.3. The van der Waals surface area contributed by atoms with Crippen LogP contribution in [0.3, 0.4) is 0 Å². The van der Waals surface area contributed by atoms with Gasteiger partial charge in [-0.05, 0) is 68.6 Å². The minimum Gasteiger partial charge on any atom is -0.494 e. The number of nitrogens with one attached hydrogen (secondary N) is 3. The molecule has 1 aliphatic rings. The van der Waals surface area contributed by atoms with Crippen molar-refractivity contribution in [1.82, 2.24) is 25.0 Å². The maximum atomic E-state index is 14.8. The van der Waals surface area contributed by atoms with Crippen molar-refractivity contribution in [1.29, 1.82) is 0 Å². The van der Waals surface area contributed by atoms with Gasteiger partial charge in [-0.2, -0.15) is 4.39 Å². The van der Waals surface area contributed by atoms with Gasteiger partial charge in [-0.3, -0.25) is 9.20 Å². The zero-order valence-electron chi connectivity index (χ0n) is 23.6. The molecule has 1 fully saturated rings. The number of fused-ring (bicyclic) bond motifs is 1. The highest BCUT2D eigenvalue weighted by atomic mass is 32.2. The van der Waals surface area contributed by atoms with Gasteiger partial charge in [0.1, 0.15) is 0 Å². The van der Waals surface area contributed by atoms with Gasteiger partial charge in [-0.15, -0.1) is 0 Å². The van der Waals surface area contributed by atoms with Crippen molar-refractivity contribution in [3.05, 3.63) is 66.1 Å². The molecule has 1 unspecified atom stereocenters. The number of ether oxygens (including phenoxy) is 1. The largest absolute Gasteiger partial charge is 0.494 e. The second-order valence-corrected chi connectivity index (χ2v) is 12.4. The summed E-state index contributed by atoms with van der Waals surface area (Å²) in [7, 11) is -1.38. The summed E-state index contributed by atoms with van der Waals surface area (Å²) < 4.78 is 53.5. The minimum absolute atomic E-state index is 0.00205. The molecule has 3 N–H and O–H groups in total. The Labute approximate surface area is 243 Å². The van der Waals surface area contributed by atoms with Crippen molar-refractivity contribution in [2.45, 2.75) is 37.1 Å². The quantitative estimate of drug-likeness (QED) is 0.231. The number of aromatic nitrogens is 3. The Bertz CT molecular complexity index is 1740. The molecule has 0 radical (unpaired) electrons. The van der Waals surface area contributed by atoms with Crippen molar-refractivity contribution < 1.29 is 22.5 Å². The van der Waals surface area contributed by atoms with Crippen molar-refractivity contribution in [3.8, 4) is 17.0 Å². The first-order valence-electron chi connectivity index (χ1n) is 13.6. The molecule has 1 aliphatic heterocycles. The fraction of sp³-hybridized carbons (Fsp3) is 0.345. The van der Waals surface area contributed by atoms with Gasteiger partial charge in [0.15, 0.2) is 23.0 Å². The third-order valence-electron chi connectivity index (χ3n) is 7.17. The maximum Gasteiger partial charge on any atom is 0.237 e. The Morgan fingerprint density at radius 2 is 2.07 bits per heavy atom. The van der Waals surface area contributed by atoms with E-state index in [0.717, 1.165) is 24.9 Å². The lowest BCUT2D eigenvalue weighted by atomic mass is 10.1. The molecule has 222 valence electrons. The summed E-state index contributed by atoms with van der Waals surface area (Å²) in [5, 5.41) is 9.30. The number of carbonyl (C=O) groups is 1. The highest BCUT2D eigenvalue weighted by Crippen LogP contribution is 2.32. The summed E-state index contributed by atoms with van der Waals surface area (Å²) in [5.41, 5.74) is 2.26. The third-order valence-corrected chi connectivity index (χ3v) is 9.11. The van der Waals surface area contributed by atoms with Gasteiger partial charge >= 0.3 is 0 Å². The number of imidazole rings is 1. The topological polar surface area (TPSA) is 122 Å². The number of hydrogen-bond donors (Lipinski definition) is 3. The summed E-state index contributed by atoms with van der Waals surface area (Å²) >= 11 is 0. The molecule has 0 saturated carbocycles. The Morgan fingerprint density at radius 1 is 1.24 bits per heavy atom. The van der Waals surface area contributed by atoms with Crippen molar-refractivity contribution >= 4 is 32.8 Å². The van der Waals surface area contributed by atoms with Crippen LogP contribution in [0.1, 0.15) is 24.8 Å². The lowest BCUT2D eigenvalue weighted by Gasteiger charge is -2.13. The molecule has 2 aromatic carbocycles. The first-order chi connectivity index (χ1) is 20.2. The number of methoxy groups -OCH3 is 1. The predicted molar refractivity (Wildman–Crippen MR) is 158 cm³/mol. The summed E-state index contributed by atoms with van der Waals surface area (Å²) in [4.78, 5) is 21.5. The Hall–Kier alpha value is -4.10. The van der Waals surface area contributed by atoms with Gasteiger partial charge in [0, 0.05) is 36.4 Å². The van der Waals surface area contributed by atoms with Crippen LogP contribution in [-0.4, -0.2) is 63.5 Å². The van der Waals surface area contributed by atoms with Crippen LogP contribution in [-0.2, 0) is 14.5 Å². The Balaban J connectivity index is 1.29. The van der Waals surface area contributed by atoms with E-state index in [-0.39, 0.29) is 23.3 Å². The number of nitrogens with zero attached hydrogens (tertiary/aromatic N) is 4. The molecule has 2 aromatic heterocycles. The molecular weight excluding hydrogens is 564 g/mol. The number of rotatable bonds is 10. The molecule has 10 nitrogen and oxygen atoms in total. The number of halogens is 2. The summed E-state index contributed by atoms with van der Waals surface area (Å²) in [6, 6.07) is 8.07. The average molecular weight is 598 g/mol. The summed E-state index contributed by atoms with van der Waals surface area (Å²) in [6.07, 6.45) is 8.65. The number of amides is 1. The second-order valence-electron chi connectivity index (χ2n) is 10.1. The fourth-order valence-electron chi connectivity index (χ4n) is 5.01. The lowest BCUT2D eigenvalue weighted by molar-refractivity contribution is -0.122. The molecule has 42 heavy (non-hydrogen) atoms. The van der Waals surface area contributed by atoms with E-state index in [1.807, 2.05) is 13.0 Å². The van der Waals surface area contributed by atoms with Gasteiger partial charge < -0.3 is 20.7 Å². The third kappa shape index (κ3) is 6.07. The SMILES string of the molecule is COc1ccc(-c2cnc3c(Nc4ccc(S(C)(=O)=NCCCNC(=O)[C@@H]5CCCN5)c(C)c4)nccn23)c(F)c1F. The minimum atomic E-state index is -2.66. The van der Waals surface area contributed by atoms with E-state index in [0.29, 0.717) is 47.3 Å². The van der Waals surface area contributed by atoms with Crippen LogP contribution in [0.25, 0.3) is 16.9 Å². The van der Waals surface area contributed by atoms with E-state index in [2.05, 4.69) is 30.3 Å². The first-order valence-corrected chi connectivity index (χ1v) is 15.5. The molecule has 0 bridgehead atoms. The van der Waals surface area contributed by atoms with Crippen molar-refractivity contribution in [2.75, 3.05) is 38.3 Å². The van der Waals surface area contributed by atoms with Gasteiger partial charge in [0.25, 0.3) is 0 Å². The molecule has 2 atom stereocenters. The number of anilines is 2. The van der Waals surface area contributed by atoms with E-state index in [9.17, 15) is 17.8 Å². The summed E-state index contributed by atoms with van der Waals surface area (Å²) in [6.45, 7) is 3.56. The Morgan fingerprint density at radius 3 is 2.81 bits per heavy atom. The standard InChI is InChI=1S/C29H33F2N7O3S/c1-18-16-19(7-10-24(18)42(3,40)36-13-5-12-34-29(39)21-6-4-11-32-21)37-27-28-35-17-22(38(28)15-14-33-27)20-8-9-23(41-2)26(31)25(20)30/h7-10,14-17,21,32H,4-6,11-13H2,1-3H3,(H,33,37)(H,34,39)/t21-,42?/m0/s1. The van der Waals surface area contributed by atoms with Crippen molar-refractivity contribution in [3.63, 3.8) is 0 Å². The van der Waals surface area contributed by atoms with Gasteiger partial charge in [-0.25, -0.2) is 22.9 Å². The van der Waals surface area contributed by atoms with Gasteiger partial charge in [0.05, 0.1) is 46.2 Å². The van der Waals surface area contributed by atoms with Crippen LogP contribution in [0.2, 0.25) is 0 Å². The molecule has 0 aliphatic carbocycles. The van der Waals surface area contributed by atoms with Crippen molar-refractivity contribution in [2.24, 2.45) is 4.36 Å². The van der Waals surface area contributed by atoms with Crippen LogP contribution in [0.4, 0.5) is 20.3 Å². The van der Waals surface area contributed by atoms with Gasteiger partial charge in [0.2, 0.25) is 11.7 Å². The van der Waals surface area contributed by atoms with Crippen LogP contribution < -0.4 is 20.7 Å². The van der Waals surface area contributed by atoms with Crippen LogP contribution in [0, 0.1) is 18.6 Å². The molecule has 1 amide bonds. The Kier molecular flexibility index (Phi) is 8.69. The van der Waals surface area contributed by atoms with Gasteiger partial charge in [-0.1, -0.05) is 0 Å². The number of carbonyl (C=O) groups excluding carboxylic acids is 1. The molecule has 1 saturated heterocycles. The zero-order chi connectivity index (χ0) is 29.9. The lowest BCUT2D eigenvalue weighted by Crippen LogP contribution is -2.40. The van der Waals surface area contributed by atoms with E-state index >= 15 is 0 Å². The molecule has 5 rings (SSSR count). The van der Waals surface area contributed by atoms with Crippen LogP contribution >= 0.6 is 0 Å². The average Bonchev–Trinajstić information content (AvgIpc) is 3.66. The second kappa shape index (κ2) is 12.4. The highest BCUT2D eigenvalue weighted by Gasteiger charge is 2.21. The van der Waals surface area contributed by atoms with E-state index in [1.54, 1.807) is 29.0 Å². The number of hydrogen-bond acceptors (Lipinski definition) is 8. The fourth-order valence-corrected chi connectivity index (χ4v) is 6.61. The molecule has 13 heteroatoms. The molecule has 3 heterocycles. The first kappa shape index (κ1) is 29.4. The maximum absolute atomic E-state index is 14.8. The van der Waals surface area contributed by atoms with E-state index in [1.165, 1.54) is 31.6 Å². The smallest absolute Gasteiger partial charge is 0.237 e. The highest BCUT2D eigenvalue weighted by molar-refractivity contribution is 7.93. The molecular formula is C29H33F2N7O3S. The van der Waals surface area contributed by atoms with E-state index in [4.69, 9.17) is 4.74 Å². The zero-order valence-corrected chi connectivity index (χ0v) is 24.4. The number of benzene rings is 2. The summed E-state index contributed by atoms with van der Waals surface area (Å²) in [5.74, 6) is -1.88. The van der Waals surface area contributed by atoms with Crippen LogP contribution in [0.15, 0.2) is 58.2 Å². The number of aryl methyl sites for hydroxylation is 1. The monoisotopic (exact) mass is 597 g/mol. The predicted octanol–water partition coefficient (Wildman–Crippen LogP) is 4.45.